The van der Waals surface area contributed by atoms with Crippen LogP contribution < -0.4 is 11.1 Å². The number of amides is 1. The van der Waals surface area contributed by atoms with Gasteiger partial charge in [0.25, 0.3) is 0 Å². The van der Waals surface area contributed by atoms with Crippen LogP contribution in [-0.2, 0) is 24.2 Å². The van der Waals surface area contributed by atoms with Crippen LogP contribution in [0.15, 0.2) is 12.4 Å². The molecule has 1 amide bonds. The fourth-order valence-electron chi connectivity index (χ4n) is 2.20. The first-order valence-electron chi connectivity index (χ1n) is 6.59. The third-order valence-corrected chi connectivity index (χ3v) is 4.30. The largest absolute Gasteiger partial charge is 0.327 e. The van der Waals surface area contributed by atoms with Crippen LogP contribution in [0.1, 0.15) is 23.4 Å². The quantitative estimate of drug-likeness (QED) is 0.872. The van der Waals surface area contributed by atoms with Crippen LogP contribution in [0.25, 0.3) is 0 Å². The number of thiazole rings is 1. The summed E-state index contributed by atoms with van der Waals surface area (Å²) in [6.07, 6.45) is 6.42. The molecule has 0 aromatic carbocycles. The van der Waals surface area contributed by atoms with Crippen molar-refractivity contribution in [2.24, 2.45) is 5.73 Å². The number of aromatic nitrogens is 4. The molecule has 2 aromatic heterocycles. The van der Waals surface area contributed by atoms with Crippen molar-refractivity contribution < 1.29 is 4.79 Å². The van der Waals surface area contributed by atoms with Crippen molar-refractivity contribution in [3.8, 4) is 0 Å². The Morgan fingerprint density at radius 2 is 2.43 bits per heavy atom. The number of halogens is 1. The normalized spacial score (nSPS) is 16.9. The monoisotopic (exact) mass is 328 g/mol. The van der Waals surface area contributed by atoms with Crippen molar-refractivity contribution in [1.29, 1.82) is 0 Å². The lowest BCUT2D eigenvalue weighted by molar-refractivity contribution is -0.116. The fourth-order valence-corrected chi connectivity index (χ4v) is 3.32. The molecule has 114 valence electrons. The van der Waals surface area contributed by atoms with Crippen molar-refractivity contribution in [2.75, 3.05) is 5.32 Å². The summed E-state index contributed by atoms with van der Waals surface area (Å²) in [7, 11) is 0. The maximum Gasteiger partial charge on any atom is 0.228 e. The topological polar surface area (TPSA) is 98.7 Å². The van der Waals surface area contributed by atoms with Crippen molar-refractivity contribution >= 4 is 34.8 Å². The number of hydrogen-bond donors (Lipinski definition) is 2. The van der Waals surface area contributed by atoms with Crippen molar-refractivity contribution in [2.45, 2.75) is 38.3 Å². The van der Waals surface area contributed by atoms with Gasteiger partial charge >= 0.3 is 0 Å². The van der Waals surface area contributed by atoms with E-state index in [9.17, 15) is 4.79 Å². The van der Waals surface area contributed by atoms with Crippen LogP contribution in [0.3, 0.4) is 0 Å². The van der Waals surface area contributed by atoms with Crippen molar-refractivity contribution in [1.82, 2.24) is 20.0 Å². The lowest BCUT2D eigenvalue weighted by Gasteiger charge is -2.15. The number of anilines is 1. The predicted octanol–water partition coefficient (Wildman–Crippen LogP) is 1.00. The van der Waals surface area contributed by atoms with Gasteiger partial charge in [-0.2, -0.15) is 0 Å². The molecule has 3 N–H and O–H groups in total. The third kappa shape index (κ3) is 3.99. The predicted molar refractivity (Wildman–Crippen MR) is 82.6 cm³/mol. The molecule has 0 saturated carbocycles. The molecule has 21 heavy (non-hydrogen) atoms. The zero-order chi connectivity index (χ0) is 13.9. The first kappa shape index (κ1) is 15.9. The molecule has 0 spiro atoms. The summed E-state index contributed by atoms with van der Waals surface area (Å²) >= 11 is 1.53. The summed E-state index contributed by atoms with van der Waals surface area (Å²) in [5, 5.41) is 11.0. The zero-order valence-electron chi connectivity index (χ0n) is 11.4. The Morgan fingerprint density at radius 1 is 1.57 bits per heavy atom. The van der Waals surface area contributed by atoms with Gasteiger partial charge in [0.05, 0.1) is 18.4 Å². The highest BCUT2D eigenvalue weighted by atomic mass is 35.5. The molecule has 0 fully saturated rings. The highest BCUT2D eigenvalue weighted by Crippen LogP contribution is 2.29. The smallest absolute Gasteiger partial charge is 0.228 e. The molecule has 2 aromatic rings. The lowest BCUT2D eigenvalue weighted by Crippen LogP contribution is -2.27. The molecular formula is C12H17ClN6OS. The minimum absolute atomic E-state index is 0. The van der Waals surface area contributed by atoms with Crippen molar-refractivity contribution in [3.05, 3.63) is 23.0 Å². The number of nitrogens with two attached hydrogens (primary N) is 1. The van der Waals surface area contributed by atoms with Gasteiger partial charge in [0.1, 0.15) is 0 Å². The maximum atomic E-state index is 11.9. The van der Waals surface area contributed by atoms with E-state index in [1.54, 1.807) is 17.1 Å². The van der Waals surface area contributed by atoms with Crippen LogP contribution in [0.2, 0.25) is 0 Å². The van der Waals surface area contributed by atoms with Gasteiger partial charge in [-0.15, -0.1) is 28.8 Å². The Bertz CT molecular complexity index is 599. The summed E-state index contributed by atoms with van der Waals surface area (Å²) in [4.78, 5) is 17.5. The molecule has 0 bridgehead atoms. The highest BCUT2D eigenvalue weighted by Gasteiger charge is 2.20. The number of carbonyl (C=O) groups excluding carboxylic acids is 1. The zero-order valence-corrected chi connectivity index (χ0v) is 13.0. The van der Waals surface area contributed by atoms with Crippen LogP contribution in [0.5, 0.6) is 0 Å². The summed E-state index contributed by atoms with van der Waals surface area (Å²) in [5.41, 5.74) is 7.02. The van der Waals surface area contributed by atoms with E-state index in [1.807, 2.05) is 0 Å². The summed E-state index contributed by atoms with van der Waals surface area (Å²) < 4.78 is 1.63. The average molecular weight is 329 g/mol. The number of rotatable bonds is 4. The SMILES string of the molecule is Cl.N[C@H]1CCc2nc(NC(=O)CCn3ccnn3)sc2C1. The van der Waals surface area contributed by atoms with E-state index in [0.717, 1.165) is 25.0 Å². The fraction of sp³-hybridized carbons (Fsp3) is 0.500. The number of fused-ring (bicyclic) bond motifs is 1. The Kier molecular flexibility index (Phi) is 5.27. The molecule has 0 unspecified atom stereocenters. The molecule has 1 aliphatic carbocycles. The average Bonchev–Trinajstić information content (AvgIpc) is 3.04. The van der Waals surface area contributed by atoms with Crippen LogP contribution in [0.4, 0.5) is 5.13 Å². The second-order valence-electron chi connectivity index (χ2n) is 4.86. The second-order valence-corrected chi connectivity index (χ2v) is 5.94. The number of aryl methyl sites for hydroxylation is 2. The van der Waals surface area contributed by atoms with E-state index in [1.165, 1.54) is 16.2 Å². The molecule has 1 aliphatic rings. The van der Waals surface area contributed by atoms with Gasteiger partial charge in [0, 0.05) is 23.5 Å². The van der Waals surface area contributed by atoms with E-state index >= 15 is 0 Å². The number of hydrogen-bond acceptors (Lipinski definition) is 6. The minimum atomic E-state index is -0.0594. The van der Waals surface area contributed by atoms with Crippen LogP contribution in [0, 0.1) is 0 Å². The molecule has 0 radical (unpaired) electrons. The molecule has 2 heterocycles. The van der Waals surface area contributed by atoms with Gasteiger partial charge in [-0.3, -0.25) is 9.48 Å². The van der Waals surface area contributed by atoms with Crippen LogP contribution >= 0.6 is 23.7 Å². The Hall–Kier alpha value is -1.51. The number of nitrogens with zero attached hydrogens (tertiary/aromatic N) is 4. The summed E-state index contributed by atoms with van der Waals surface area (Å²) in [6.45, 7) is 0.516. The molecular weight excluding hydrogens is 312 g/mol. The Labute approximate surface area is 132 Å². The van der Waals surface area contributed by atoms with E-state index in [4.69, 9.17) is 5.73 Å². The van der Waals surface area contributed by atoms with E-state index in [0.29, 0.717) is 18.1 Å². The van der Waals surface area contributed by atoms with Gasteiger partial charge in [-0.05, 0) is 19.3 Å². The van der Waals surface area contributed by atoms with Gasteiger partial charge in [-0.1, -0.05) is 5.21 Å². The van der Waals surface area contributed by atoms with Gasteiger partial charge < -0.3 is 11.1 Å². The number of nitrogens with one attached hydrogen (secondary N) is 1. The number of carbonyl (C=O) groups is 1. The molecule has 0 aliphatic heterocycles. The summed E-state index contributed by atoms with van der Waals surface area (Å²) in [6, 6.07) is 0.221. The summed E-state index contributed by atoms with van der Waals surface area (Å²) in [5.74, 6) is -0.0594. The molecule has 0 saturated heterocycles. The van der Waals surface area contributed by atoms with Gasteiger partial charge in [0.15, 0.2) is 5.13 Å². The van der Waals surface area contributed by atoms with E-state index < -0.39 is 0 Å². The molecule has 7 nitrogen and oxygen atoms in total. The Morgan fingerprint density at radius 3 is 3.19 bits per heavy atom. The first-order chi connectivity index (χ1) is 9.70. The molecule has 1 atom stereocenters. The lowest BCUT2D eigenvalue weighted by atomic mass is 9.99. The molecule has 3 rings (SSSR count). The maximum absolute atomic E-state index is 11.9. The highest BCUT2D eigenvalue weighted by molar-refractivity contribution is 7.15. The van der Waals surface area contributed by atoms with E-state index in [2.05, 4.69) is 20.6 Å². The van der Waals surface area contributed by atoms with Crippen LogP contribution in [-0.4, -0.2) is 31.9 Å². The minimum Gasteiger partial charge on any atom is -0.327 e. The molecule has 9 heteroatoms. The van der Waals surface area contributed by atoms with Gasteiger partial charge in [0.2, 0.25) is 5.91 Å². The third-order valence-electron chi connectivity index (χ3n) is 3.26. The van der Waals surface area contributed by atoms with Gasteiger partial charge in [-0.25, -0.2) is 4.98 Å². The first-order valence-corrected chi connectivity index (χ1v) is 7.40. The Balaban J connectivity index is 0.00000161. The van der Waals surface area contributed by atoms with E-state index in [-0.39, 0.29) is 24.4 Å². The second kappa shape index (κ2) is 6.97. The van der Waals surface area contributed by atoms with Crippen molar-refractivity contribution in [3.63, 3.8) is 0 Å². The standard InChI is InChI=1S/C12H16N6OS.ClH/c13-8-1-2-9-10(7-8)20-12(15-9)16-11(19)3-5-18-6-4-14-17-18;/h4,6,8H,1-3,5,7,13H2,(H,15,16,19);1H/t8-;/m0./s1.